The van der Waals surface area contributed by atoms with Crippen LogP contribution >= 0.6 is 0 Å². The fourth-order valence-corrected chi connectivity index (χ4v) is 0.852. The lowest BCUT2D eigenvalue weighted by Gasteiger charge is -2.04. The fraction of sp³-hybridized carbons (Fsp3) is 0.571. The van der Waals surface area contributed by atoms with Crippen molar-refractivity contribution in [1.29, 1.82) is 0 Å². The Kier molecular flexibility index (Phi) is 2.62. The van der Waals surface area contributed by atoms with Gasteiger partial charge in [-0.2, -0.15) is 0 Å². The van der Waals surface area contributed by atoms with Gasteiger partial charge in [-0.25, -0.2) is 0 Å². The van der Waals surface area contributed by atoms with Gasteiger partial charge in [0.1, 0.15) is 5.76 Å². The van der Waals surface area contributed by atoms with Crippen molar-refractivity contribution in [1.82, 2.24) is 5.16 Å². The number of aliphatic hydroxyl groups excluding tert-OH is 1. The van der Waals surface area contributed by atoms with Crippen molar-refractivity contribution >= 4 is 0 Å². The van der Waals surface area contributed by atoms with E-state index in [4.69, 9.17) is 15.4 Å². The lowest BCUT2D eigenvalue weighted by atomic mass is 10.1. The highest BCUT2D eigenvalue weighted by molar-refractivity contribution is 5.12. The molecule has 0 aliphatic rings. The molecule has 0 spiro atoms. The van der Waals surface area contributed by atoms with E-state index in [0.717, 1.165) is 11.3 Å². The van der Waals surface area contributed by atoms with E-state index in [1.54, 1.807) is 6.20 Å². The van der Waals surface area contributed by atoms with E-state index >= 15 is 0 Å². The van der Waals surface area contributed by atoms with E-state index < -0.39 is 6.10 Å². The molecular formula is C7H12N2O2. The van der Waals surface area contributed by atoms with Gasteiger partial charge in [-0.15, -0.1) is 0 Å². The Morgan fingerprint density at radius 2 is 2.55 bits per heavy atom. The average molecular weight is 156 g/mol. The van der Waals surface area contributed by atoms with Crippen LogP contribution in [0.25, 0.3) is 0 Å². The molecule has 1 unspecified atom stereocenters. The number of aryl methyl sites for hydroxylation is 1. The summed E-state index contributed by atoms with van der Waals surface area (Å²) in [4.78, 5) is 0. The highest BCUT2D eigenvalue weighted by Gasteiger charge is 2.07. The van der Waals surface area contributed by atoms with Gasteiger partial charge in [0, 0.05) is 18.5 Å². The third-order valence-corrected chi connectivity index (χ3v) is 1.58. The molecule has 11 heavy (non-hydrogen) atoms. The third-order valence-electron chi connectivity index (χ3n) is 1.58. The monoisotopic (exact) mass is 156 g/mol. The molecule has 0 amide bonds. The summed E-state index contributed by atoms with van der Waals surface area (Å²) in [5.74, 6) is 0.748. The summed E-state index contributed by atoms with van der Waals surface area (Å²) in [6.45, 7) is 2.08. The second kappa shape index (κ2) is 3.50. The van der Waals surface area contributed by atoms with Crippen molar-refractivity contribution in [3.63, 3.8) is 0 Å². The largest absolute Gasteiger partial charge is 0.391 e. The van der Waals surface area contributed by atoms with Crippen molar-refractivity contribution in [2.75, 3.05) is 6.54 Å². The number of hydrogen-bond acceptors (Lipinski definition) is 4. The molecule has 0 saturated carbocycles. The molecule has 1 atom stereocenters. The maximum absolute atomic E-state index is 9.16. The van der Waals surface area contributed by atoms with Crippen LogP contribution in [0.3, 0.4) is 0 Å². The summed E-state index contributed by atoms with van der Waals surface area (Å²) >= 11 is 0. The Hall–Kier alpha value is -0.870. The van der Waals surface area contributed by atoms with Crippen LogP contribution in [-0.4, -0.2) is 22.9 Å². The summed E-state index contributed by atoms with van der Waals surface area (Å²) in [6.07, 6.45) is 1.63. The highest BCUT2D eigenvalue weighted by Crippen LogP contribution is 2.07. The standard InChI is InChI=1S/C7H12N2O2/c1-5-6(4-9-11-5)2-7(10)3-8/h4,7,10H,2-3,8H2,1H3. The van der Waals surface area contributed by atoms with Gasteiger partial charge in [0.15, 0.2) is 0 Å². The van der Waals surface area contributed by atoms with E-state index in [9.17, 15) is 0 Å². The molecule has 3 N–H and O–H groups in total. The molecule has 1 heterocycles. The number of nitrogens with two attached hydrogens (primary N) is 1. The van der Waals surface area contributed by atoms with E-state index in [2.05, 4.69) is 5.16 Å². The van der Waals surface area contributed by atoms with Crippen molar-refractivity contribution in [3.05, 3.63) is 17.5 Å². The number of hydrogen-bond donors (Lipinski definition) is 2. The minimum atomic E-state index is -0.493. The second-order valence-electron chi connectivity index (χ2n) is 2.50. The maximum atomic E-state index is 9.16. The molecule has 0 bridgehead atoms. The molecular weight excluding hydrogens is 144 g/mol. The first kappa shape index (κ1) is 8.23. The Morgan fingerprint density at radius 1 is 1.82 bits per heavy atom. The summed E-state index contributed by atoms with van der Waals surface area (Å²) in [5.41, 5.74) is 6.16. The first-order valence-corrected chi connectivity index (χ1v) is 3.52. The topological polar surface area (TPSA) is 72.3 Å². The number of rotatable bonds is 3. The molecule has 0 aromatic carbocycles. The first-order valence-electron chi connectivity index (χ1n) is 3.52. The predicted molar refractivity (Wildman–Crippen MR) is 40.0 cm³/mol. The smallest absolute Gasteiger partial charge is 0.136 e. The highest BCUT2D eigenvalue weighted by atomic mass is 16.5. The molecule has 1 rings (SSSR count). The van der Waals surface area contributed by atoms with Crippen LogP contribution in [0.1, 0.15) is 11.3 Å². The lowest BCUT2D eigenvalue weighted by Crippen LogP contribution is -2.21. The lowest BCUT2D eigenvalue weighted by molar-refractivity contribution is 0.183. The Bertz CT molecular complexity index is 222. The van der Waals surface area contributed by atoms with Gasteiger partial charge in [0.25, 0.3) is 0 Å². The van der Waals surface area contributed by atoms with Gasteiger partial charge in [-0.05, 0) is 6.92 Å². The molecule has 0 saturated heterocycles. The average Bonchev–Trinajstić information content (AvgIpc) is 2.37. The molecule has 1 aromatic rings. The Morgan fingerprint density at radius 3 is 3.00 bits per heavy atom. The third kappa shape index (κ3) is 2.03. The predicted octanol–water partition coefficient (Wildman–Crippen LogP) is -0.155. The summed E-state index contributed by atoms with van der Waals surface area (Å²) in [7, 11) is 0. The summed E-state index contributed by atoms with van der Waals surface area (Å²) in [5, 5.41) is 12.7. The van der Waals surface area contributed by atoms with Gasteiger partial charge in [-0.1, -0.05) is 5.16 Å². The van der Waals surface area contributed by atoms with Gasteiger partial charge in [0.2, 0.25) is 0 Å². The molecule has 62 valence electrons. The maximum Gasteiger partial charge on any atom is 0.136 e. The second-order valence-corrected chi connectivity index (χ2v) is 2.50. The van der Waals surface area contributed by atoms with E-state index in [-0.39, 0.29) is 6.54 Å². The van der Waals surface area contributed by atoms with Gasteiger partial charge in [0.05, 0.1) is 12.3 Å². The molecule has 1 aromatic heterocycles. The van der Waals surface area contributed by atoms with Crippen molar-refractivity contribution < 1.29 is 9.63 Å². The Labute approximate surface area is 65.0 Å². The summed E-state index contributed by atoms with van der Waals surface area (Å²) < 4.78 is 4.81. The first-order chi connectivity index (χ1) is 5.24. The van der Waals surface area contributed by atoms with Crippen LogP contribution in [0.4, 0.5) is 0 Å². The van der Waals surface area contributed by atoms with Crippen LogP contribution < -0.4 is 5.73 Å². The van der Waals surface area contributed by atoms with Crippen LogP contribution in [0.5, 0.6) is 0 Å². The zero-order valence-electron chi connectivity index (χ0n) is 6.45. The number of aliphatic hydroxyl groups is 1. The minimum absolute atomic E-state index is 0.268. The molecule has 0 aliphatic heterocycles. The van der Waals surface area contributed by atoms with Crippen LogP contribution in [0.2, 0.25) is 0 Å². The van der Waals surface area contributed by atoms with Gasteiger partial charge >= 0.3 is 0 Å². The molecule has 4 heteroatoms. The number of aromatic nitrogens is 1. The van der Waals surface area contributed by atoms with E-state index in [1.165, 1.54) is 0 Å². The van der Waals surface area contributed by atoms with Gasteiger partial charge in [-0.3, -0.25) is 0 Å². The fourth-order valence-electron chi connectivity index (χ4n) is 0.852. The molecule has 0 aliphatic carbocycles. The molecule has 0 radical (unpaired) electrons. The van der Waals surface area contributed by atoms with Crippen molar-refractivity contribution in [2.45, 2.75) is 19.4 Å². The molecule has 0 fully saturated rings. The minimum Gasteiger partial charge on any atom is -0.391 e. The zero-order valence-corrected chi connectivity index (χ0v) is 6.45. The van der Waals surface area contributed by atoms with Crippen LogP contribution in [-0.2, 0) is 6.42 Å². The Balaban J connectivity index is 2.56. The zero-order chi connectivity index (χ0) is 8.27. The van der Waals surface area contributed by atoms with Gasteiger partial charge < -0.3 is 15.4 Å². The summed E-state index contributed by atoms with van der Waals surface area (Å²) in [6, 6.07) is 0. The van der Waals surface area contributed by atoms with Crippen LogP contribution in [0.15, 0.2) is 10.7 Å². The SMILES string of the molecule is Cc1oncc1CC(O)CN. The van der Waals surface area contributed by atoms with Crippen molar-refractivity contribution in [2.24, 2.45) is 5.73 Å². The van der Waals surface area contributed by atoms with E-state index in [0.29, 0.717) is 6.42 Å². The van der Waals surface area contributed by atoms with E-state index in [1.807, 2.05) is 6.92 Å². The van der Waals surface area contributed by atoms with Crippen LogP contribution in [0, 0.1) is 6.92 Å². The molecule has 4 nitrogen and oxygen atoms in total. The number of nitrogens with zero attached hydrogens (tertiary/aromatic N) is 1. The van der Waals surface area contributed by atoms with Crippen molar-refractivity contribution in [3.8, 4) is 0 Å². The quantitative estimate of drug-likeness (QED) is 0.638. The normalized spacial score (nSPS) is 13.4.